The SMILES string of the molecule is COc1ccc(CNC(=O)CC(C)=O)cc1Br. The lowest BCUT2D eigenvalue weighted by atomic mass is 10.2. The number of hydrogen-bond donors (Lipinski definition) is 1. The molecule has 0 radical (unpaired) electrons. The number of ether oxygens (including phenoxy) is 1. The molecule has 0 saturated carbocycles. The van der Waals surface area contributed by atoms with Gasteiger partial charge in [0.25, 0.3) is 0 Å². The number of benzene rings is 1. The first-order valence-corrected chi connectivity index (χ1v) is 5.90. The maximum absolute atomic E-state index is 11.3. The van der Waals surface area contributed by atoms with E-state index in [0.717, 1.165) is 15.8 Å². The standard InChI is InChI=1S/C12H14BrNO3/c1-8(15)5-12(16)14-7-9-3-4-11(17-2)10(13)6-9/h3-4,6H,5,7H2,1-2H3,(H,14,16). The zero-order chi connectivity index (χ0) is 12.8. The van der Waals surface area contributed by atoms with Gasteiger partial charge >= 0.3 is 0 Å². The van der Waals surface area contributed by atoms with Crippen molar-refractivity contribution in [1.82, 2.24) is 5.32 Å². The summed E-state index contributed by atoms with van der Waals surface area (Å²) in [6.07, 6.45) is -0.0721. The van der Waals surface area contributed by atoms with Crippen molar-refractivity contribution in [3.05, 3.63) is 28.2 Å². The maximum atomic E-state index is 11.3. The third-order valence-corrected chi connectivity index (χ3v) is 2.74. The Balaban J connectivity index is 2.55. The first-order valence-electron chi connectivity index (χ1n) is 5.11. The summed E-state index contributed by atoms with van der Waals surface area (Å²) >= 11 is 3.36. The van der Waals surface area contributed by atoms with Crippen LogP contribution in [0.3, 0.4) is 0 Å². The molecule has 1 rings (SSSR count). The highest BCUT2D eigenvalue weighted by molar-refractivity contribution is 9.10. The molecule has 17 heavy (non-hydrogen) atoms. The molecule has 92 valence electrons. The van der Waals surface area contributed by atoms with E-state index < -0.39 is 0 Å². The highest BCUT2D eigenvalue weighted by Crippen LogP contribution is 2.25. The van der Waals surface area contributed by atoms with E-state index in [-0.39, 0.29) is 18.1 Å². The largest absolute Gasteiger partial charge is 0.496 e. The monoisotopic (exact) mass is 299 g/mol. The summed E-state index contributed by atoms with van der Waals surface area (Å²) in [6.45, 7) is 1.79. The smallest absolute Gasteiger partial charge is 0.227 e. The van der Waals surface area contributed by atoms with Gasteiger partial charge in [-0.05, 0) is 40.5 Å². The molecule has 0 spiro atoms. The van der Waals surface area contributed by atoms with E-state index >= 15 is 0 Å². The fourth-order valence-electron chi connectivity index (χ4n) is 1.31. The van der Waals surface area contributed by atoms with Crippen molar-refractivity contribution in [2.75, 3.05) is 7.11 Å². The lowest BCUT2D eigenvalue weighted by molar-refractivity contribution is -0.127. The molecule has 0 unspecified atom stereocenters. The van der Waals surface area contributed by atoms with E-state index in [0.29, 0.717) is 6.54 Å². The van der Waals surface area contributed by atoms with Crippen molar-refractivity contribution >= 4 is 27.6 Å². The van der Waals surface area contributed by atoms with Crippen molar-refractivity contribution in [3.8, 4) is 5.75 Å². The van der Waals surface area contributed by atoms with Crippen molar-refractivity contribution in [3.63, 3.8) is 0 Å². The van der Waals surface area contributed by atoms with Gasteiger partial charge in [-0.2, -0.15) is 0 Å². The molecule has 0 aliphatic carbocycles. The molecule has 1 amide bonds. The minimum atomic E-state index is -0.260. The molecule has 0 aliphatic heterocycles. The number of methoxy groups -OCH3 is 1. The Morgan fingerprint density at radius 3 is 2.65 bits per heavy atom. The zero-order valence-electron chi connectivity index (χ0n) is 9.75. The van der Waals surface area contributed by atoms with Crippen molar-refractivity contribution < 1.29 is 14.3 Å². The van der Waals surface area contributed by atoms with Gasteiger partial charge in [0.15, 0.2) is 0 Å². The van der Waals surface area contributed by atoms with Gasteiger partial charge in [-0.3, -0.25) is 9.59 Å². The normalized spacial score (nSPS) is 9.82. The number of Topliss-reactive ketones (excluding diaryl/α,β-unsaturated/α-hetero) is 1. The summed E-state index contributed by atoms with van der Waals surface area (Å²) in [4.78, 5) is 22.0. The molecule has 1 N–H and O–H groups in total. The zero-order valence-corrected chi connectivity index (χ0v) is 11.3. The Morgan fingerprint density at radius 2 is 2.12 bits per heavy atom. The molecule has 0 atom stereocenters. The first-order chi connectivity index (χ1) is 8.02. The van der Waals surface area contributed by atoms with Crippen LogP contribution in [0.2, 0.25) is 0 Å². The fraction of sp³-hybridized carbons (Fsp3) is 0.333. The number of nitrogens with one attached hydrogen (secondary N) is 1. The van der Waals surface area contributed by atoms with Gasteiger partial charge < -0.3 is 10.1 Å². The lowest BCUT2D eigenvalue weighted by Crippen LogP contribution is -2.24. The summed E-state index contributed by atoms with van der Waals surface area (Å²) in [5.41, 5.74) is 0.939. The maximum Gasteiger partial charge on any atom is 0.227 e. The van der Waals surface area contributed by atoms with Crippen LogP contribution in [-0.2, 0) is 16.1 Å². The minimum Gasteiger partial charge on any atom is -0.496 e. The molecule has 4 nitrogen and oxygen atoms in total. The molecule has 0 fully saturated rings. The van der Waals surface area contributed by atoms with Gasteiger partial charge in [0.1, 0.15) is 11.5 Å². The number of amides is 1. The summed E-state index contributed by atoms with van der Waals surface area (Å²) < 4.78 is 5.93. The number of halogens is 1. The van der Waals surface area contributed by atoms with Crippen LogP contribution < -0.4 is 10.1 Å². The first kappa shape index (κ1) is 13.7. The van der Waals surface area contributed by atoms with Crippen LogP contribution in [0.15, 0.2) is 22.7 Å². The van der Waals surface area contributed by atoms with Crippen molar-refractivity contribution in [2.45, 2.75) is 19.9 Å². The third-order valence-electron chi connectivity index (χ3n) is 2.12. The van der Waals surface area contributed by atoms with E-state index in [4.69, 9.17) is 4.74 Å². The molecule has 0 heterocycles. The molecule has 0 aliphatic rings. The molecule has 1 aromatic rings. The molecule has 0 aromatic heterocycles. The number of carbonyl (C=O) groups excluding carboxylic acids is 2. The number of rotatable bonds is 5. The average molecular weight is 300 g/mol. The van der Waals surface area contributed by atoms with E-state index in [9.17, 15) is 9.59 Å². The summed E-state index contributed by atoms with van der Waals surface area (Å²) in [6, 6.07) is 5.54. The Hall–Kier alpha value is -1.36. The highest BCUT2D eigenvalue weighted by atomic mass is 79.9. The molecular formula is C12H14BrNO3. The second-order valence-corrected chi connectivity index (χ2v) is 4.48. The number of ketones is 1. The Bertz CT molecular complexity index is 432. The summed E-state index contributed by atoms with van der Waals surface area (Å²) in [5, 5.41) is 2.67. The number of carbonyl (C=O) groups is 2. The molecule has 0 bridgehead atoms. The second-order valence-electron chi connectivity index (χ2n) is 3.62. The van der Waals surface area contributed by atoms with Crippen LogP contribution in [0.5, 0.6) is 5.75 Å². The third kappa shape index (κ3) is 4.56. The molecule has 5 heteroatoms. The quantitative estimate of drug-likeness (QED) is 0.847. The van der Waals surface area contributed by atoms with Gasteiger partial charge in [0, 0.05) is 6.54 Å². The average Bonchev–Trinajstić information content (AvgIpc) is 2.25. The second kappa shape index (κ2) is 6.39. The van der Waals surface area contributed by atoms with Crippen molar-refractivity contribution in [1.29, 1.82) is 0 Å². The predicted octanol–water partition coefficient (Wildman–Crippen LogP) is 2.05. The van der Waals surface area contributed by atoms with Crippen LogP contribution in [-0.4, -0.2) is 18.8 Å². The lowest BCUT2D eigenvalue weighted by Gasteiger charge is -2.07. The van der Waals surface area contributed by atoms with E-state index in [1.165, 1.54) is 6.92 Å². The summed E-state index contributed by atoms with van der Waals surface area (Å²) in [5.74, 6) is 0.340. The highest BCUT2D eigenvalue weighted by Gasteiger charge is 2.05. The van der Waals surface area contributed by atoms with E-state index in [2.05, 4.69) is 21.2 Å². The van der Waals surface area contributed by atoms with E-state index in [1.807, 2.05) is 18.2 Å². The van der Waals surface area contributed by atoms with E-state index in [1.54, 1.807) is 7.11 Å². The van der Waals surface area contributed by atoms with Gasteiger partial charge in [-0.1, -0.05) is 6.07 Å². The van der Waals surface area contributed by atoms with Crippen LogP contribution >= 0.6 is 15.9 Å². The number of hydrogen-bond acceptors (Lipinski definition) is 3. The van der Waals surface area contributed by atoms with Gasteiger partial charge in [-0.25, -0.2) is 0 Å². The van der Waals surface area contributed by atoms with Gasteiger partial charge in [-0.15, -0.1) is 0 Å². The minimum absolute atomic E-state index is 0.0721. The predicted molar refractivity (Wildman–Crippen MR) is 67.8 cm³/mol. The summed E-state index contributed by atoms with van der Waals surface area (Å²) in [7, 11) is 1.59. The van der Waals surface area contributed by atoms with Crippen LogP contribution in [0.4, 0.5) is 0 Å². The molecule has 0 saturated heterocycles. The van der Waals surface area contributed by atoms with Gasteiger partial charge in [0.2, 0.25) is 5.91 Å². The topological polar surface area (TPSA) is 55.4 Å². The van der Waals surface area contributed by atoms with Gasteiger partial charge in [0.05, 0.1) is 18.0 Å². The van der Waals surface area contributed by atoms with Crippen LogP contribution in [0.25, 0.3) is 0 Å². The Labute approximate surface area is 108 Å². The van der Waals surface area contributed by atoms with Crippen LogP contribution in [0, 0.1) is 0 Å². The Kier molecular flexibility index (Phi) is 5.15. The van der Waals surface area contributed by atoms with Crippen molar-refractivity contribution in [2.24, 2.45) is 0 Å². The fourth-order valence-corrected chi connectivity index (χ4v) is 1.90. The molecular weight excluding hydrogens is 286 g/mol. The Morgan fingerprint density at radius 1 is 1.41 bits per heavy atom. The van der Waals surface area contributed by atoms with Crippen LogP contribution in [0.1, 0.15) is 18.9 Å². The molecule has 1 aromatic carbocycles.